The molecule has 0 spiro atoms. The zero-order valence-electron chi connectivity index (χ0n) is 22.6. The van der Waals surface area contributed by atoms with E-state index in [-0.39, 0.29) is 24.0 Å². The summed E-state index contributed by atoms with van der Waals surface area (Å²) in [5.74, 6) is -0.458. The average Bonchev–Trinajstić information content (AvgIpc) is 3.48. The van der Waals surface area contributed by atoms with Crippen LogP contribution in [0.15, 0.2) is 89.8 Å². The monoisotopic (exact) mass is 581 g/mol. The van der Waals surface area contributed by atoms with Crippen molar-refractivity contribution in [3.8, 4) is 11.1 Å². The highest BCUT2D eigenvalue weighted by Crippen LogP contribution is 2.32. The van der Waals surface area contributed by atoms with Crippen molar-refractivity contribution in [2.75, 3.05) is 18.9 Å². The van der Waals surface area contributed by atoms with Gasteiger partial charge < -0.3 is 15.8 Å². The Labute approximate surface area is 240 Å². The molecule has 1 aliphatic heterocycles. The van der Waals surface area contributed by atoms with E-state index in [1.165, 1.54) is 16.1 Å². The van der Waals surface area contributed by atoms with E-state index in [0.29, 0.717) is 12.2 Å². The quantitative estimate of drug-likeness (QED) is 0.326. The molecule has 0 bridgehead atoms. The van der Waals surface area contributed by atoms with Crippen LogP contribution in [0.1, 0.15) is 31.9 Å². The zero-order chi connectivity index (χ0) is 28.7. The lowest BCUT2D eigenvalue weighted by Gasteiger charge is -2.26. The number of nitrogens with zero attached hydrogens (tertiary/aromatic N) is 1. The second-order valence-electron chi connectivity index (χ2n) is 9.93. The van der Waals surface area contributed by atoms with Crippen LogP contribution in [-0.2, 0) is 24.3 Å². The zero-order valence-corrected chi connectivity index (χ0v) is 24.2. The molecule has 3 aromatic carbocycles. The van der Waals surface area contributed by atoms with Gasteiger partial charge in [0.05, 0.1) is 17.5 Å². The van der Waals surface area contributed by atoms with Gasteiger partial charge in [0.25, 0.3) is 0 Å². The molecule has 3 aromatic rings. The van der Waals surface area contributed by atoms with E-state index in [1.54, 1.807) is 24.3 Å². The molecule has 0 aliphatic carbocycles. The van der Waals surface area contributed by atoms with E-state index in [4.69, 9.17) is 10.5 Å². The fourth-order valence-corrected chi connectivity index (χ4v) is 7.47. The van der Waals surface area contributed by atoms with Crippen LogP contribution < -0.4 is 11.1 Å². The highest BCUT2D eigenvalue weighted by atomic mass is 32.2. The van der Waals surface area contributed by atoms with Crippen LogP contribution in [0.25, 0.3) is 11.1 Å². The van der Waals surface area contributed by atoms with Crippen molar-refractivity contribution in [1.29, 1.82) is 0 Å². The average molecular weight is 582 g/mol. The Hall–Kier alpha value is -3.18. The van der Waals surface area contributed by atoms with Crippen molar-refractivity contribution in [3.63, 3.8) is 0 Å². The van der Waals surface area contributed by atoms with E-state index in [0.717, 1.165) is 16.7 Å². The lowest BCUT2D eigenvalue weighted by Crippen LogP contribution is -2.46. The molecule has 1 saturated heterocycles. The maximum Gasteiger partial charge on any atom is 0.323 e. The standard InChI is InChI=1S/C30H35N3O5S2/c1-21(2)27(31)30(35)38-19-17-26(24-11-7-4-8-12-24)32-28(34)29-33(18-20-39-29)40(36,37)25-15-13-23(14-16-25)22-9-5-3-6-10-22/h3-16,21,26-27,29H,17-20,31H2,1-2H3,(H,32,34)/t26-,27+,29-/m0/s1. The van der Waals surface area contributed by atoms with Crippen LogP contribution in [0, 0.1) is 5.92 Å². The van der Waals surface area contributed by atoms with Crippen molar-refractivity contribution in [1.82, 2.24) is 9.62 Å². The maximum atomic E-state index is 13.6. The molecular formula is C30H35N3O5S2. The summed E-state index contributed by atoms with van der Waals surface area (Å²) in [5, 5.41) is 2.08. The summed E-state index contributed by atoms with van der Waals surface area (Å²) in [4.78, 5) is 25.8. The van der Waals surface area contributed by atoms with Gasteiger partial charge in [0.2, 0.25) is 15.9 Å². The molecule has 1 fully saturated rings. The molecule has 3 atom stereocenters. The minimum absolute atomic E-state index is 0.0565. The van der Waals surface area contributed by atoms with Crippen molar-refractivity contribution >= 4 is 33.7 Å². The molecule has 10 heteroatoms. The first-order chi connectivity index (χ1) is 19.2. The molecule has 0 unspecified atom stereocenters. The summed E-state index contributed by atoms with van der Waals surface area (Å²) in [7, 11) is -3.91. The smallest absolute Gasteiger partial charge is 0.323 e. The van der Waals surface area contributed by atoms with E-state index >= 15 is 0 Å². The molecule has 0 aromatic heterocycles. The van der Waals surface area contributed by atoms with Gasteiger partial charge in [0, 0.05) is 18.7 Å². The Morgan fingerprint density at radius 3 is 2.20 bits per heavy atom. The number of rotatable bonds is 11. The molecule has 8 nitrogen and oxygen atoms in total. The molecule has 1 amide bonds. The minimum Gasteiger partial charge on any atom is -0.464 e. The third-order valence-electron chi connectivity index (χ3n) is 6.80. The van der Waals surface area contributed by atoms with Crippen LogP contribution in [0.2, 0.25) is 0 Å². The number of nitrogens with one attached hydrogen (secondary N) is 1. The van der Waals surface area contributed by atoms with Gasteiger partial charge in [-0.05, 0) is 34.7 Å². The fraction of sp³-hybridized carbons (Fsp3) is 0.333. The van der Waals surface area contributed by atoms with Crippen molar-refractivity contribution in [2.24, 2.45) is 11.7 Å². The number of nitrogens with two attached hydrogens (primary N) is 1. The number of thioether (sulfide) groups is 1. The second-order valence-corrected chi connectivity index (χ2v) is 13.0. The fourth-order valence-electron chi connectivity index (χ4n) is 4.39. The molecule has 1 aliphatic rings. The molecule has 3 N–H and O–H groups in total. The summed E-state index contributed by atoms with van der Waals surface area (Å²) < 4.78 is 33.8. The maximum absolute atomic E-state index is 13.6. The van der Waals surface area contributed by atoms with Gasteiger partial charge in [0.15, 0.2) is 0 Å². The van der Waals surface area contributed by atoms with E-state index in [9.17, 15) is 18.0 Å². The van der Waals surface area contributed by atoms with Gasteiger partial charge in [-0.15, -0.1) is 11.8 Å². The third-order valence-corrected chi connectivity index (χ3v) is 10.0. The summed E-state index contributed by atoms with van der Waals surface area (Å²) >= 11 is 1.29. The van der Waals surface area contributed by atoms with Crippen LogP contribution in [0.3, 0.4) is 0 Å². The first kappa shape index (κ1) is 29.8. The van der Waals surface area contributed by atoms with E-state index < -0.39 is 39.4 Å². The van der Waals surface area contributed by atoms with Gasteiger partial charge in [-0.3, -0.25) is 9.59 Å². The lowest BCUT2D eigenvalue weighted by molar-refractivity contribution is -0.146. The molecule has 0 saturated carbocycles. The van der Waals surface area contributed by atoms with Gasteiger partial charge in [-0.2, -0.15) is 4.31 Å². The van der Waals surface area contributed by atoms with Gasteiger partial charge in [-0.1, -0.05) is 86.6 Å². The number of ether oxygens (including phenoxy) is 1. The molecule has 212 valence electrons. The number of hydrogen-bond donors (Lipinski definition) is 2. The Kier molecular flexibility index (Phi) is 10.0. The molecule has 0 radical (unpaired) electrons. The van der Waals surface area contributed by atoms with Crippen LogP contribution in [-0.4, -0.2) is 54.9 Å². The van der Waals surface area contributed by atoms with Gasteiger partial charge in [-0.25, -0.2) is 8.42 Å². The third kappa shape index (κ3) is 7.11. The summed E-state index contributed by atoms with van der Waals surface area (Å²) in [6.07, 6.45) is 0.317. The van der Waals surface area contributed by atoms with Gasteiger partial charge in [0.1, 0.15) is 11.4 Å². The Morgan fingerprint density at radius 2 is 1.57 bits per heavy atom. The van der Waals surface area contributed by atoms with Crippen molar-refractivity contribution in [2.45, 2.75) is 42.6 Å². The molecular weight excluding hydrogens is 546 g/mol. The lowest BCUT2D eigenvalue weighted by atomic mass is 10.0. The number of esters is 1. The predicted molar refractivity (Wildman–Crippen MR) is 158 cm³/mol. The van der Waals surface area contributed by atoms with Crippen LogP contribution in [0.5, 0.6) is 0 Å². The molecule has 40 heavy (non-hydrogen) atoms. The van der Waals surface area contributed by atoms with Crippen LogP contribution >= 0.6 is 11.8 Å². The first-order valence-corrected chi connectivity index (χ1v) is 15.7. The molecule has 4 rings (SSSR count). The highest BCUT2D eigenvalue weighted by molar-refractivity contribution is 8.02. The first-order valence-electron chi connectivity index (χ1n) is 13.2. The number of carbonyl (C=O) groups is 2. The predicted octanol–water partition coefficient (Wildman–Crippen LogP) is 4.19. The Morgan fingerprint density at radius 1 is 0.975 bits per heavy atom. The van der Waals surface area contributed by atoms with Crippen molar-refractivity contribution in [3.05, 3.63) is 90.5 Å². The second kappa shape index (κ2) is 13.5. The number of amides is 1. The van der Waals surface area contributed by atoms with Crippen molar-refractivity contribution < 1.29 is 22.7 Å². The minimum atomic E-state index is -3.91. The number of carbonyl (C=O) groups excluding carboxylic acids is 2. The number of benzene rings is 3. The van der Waals surface area contributed by atoms with E-state index in [1.807, 2.05) is 74.5 Å². The number of sulfonamides is 1. The SMILES string of the molecule is CC(C)[C@@H](N)C(=O)OCC[C@H](NC(=O)[C@@H]1SCCN1S(=O)(=O)c1ccc(-c2ccccc2)cc1)c1ccccc1. The Bertz CT molecular complexity index is 1380. The van der Waals surface area contributed by atoms with Gasteiger partial charge >= 0.3 is 5.97 Å². The summed E-state index contributed by atoms with van der Waals surface area (Å²) in [6, 6.07) is 24.5. The highest BCUT2D eigenvalue weighted by Gasteiger charge is 2.40. The van der Waals surface area contributed by atoms with Crippen LogP contribution in [0.4, 0.5) is 0 Å². The summed E-state index contributed by atoms with van der Waals surface area (Å²) in [6.45, 7) is 3.98. The number of hydrogen-bond acceptors (Lipinski definition) is 7. The molecule has 1 heterocycles. The van der Waals surface area contributed by atoms with E-state index in [2.05, 4.69) is 5.32 Å². The normalized spacial score (nSPS) is 17.4. The Balaban J connectivity index is 1.46. The largest absolute Gasteiger partial charge is 0.464 e. The summed E-state index contributed by atoms with van der Waals surface area (Å²) in [5.41, 5.74) is 8.61. The topological polar surface area (TPSA) is 119 Å².